The molecule has 18 heavy (non-hydrogen) atoms. The molecule has 0 radical (unpaired) electrons. The summed E-state index contributed by atoms with van der Waals surface area (Å²) in [6.07, 6.45) is 0.750. The molecule has 1 amide bonds. The number of rotatable bonds is 4. The minimum Gasteiger partial charge on any atom is -0.384 e. The van der Waals surface area contributed by atoms with E-state index in [9.17, 15) is 4.79 Å². The number of hydrogen-bond acceptors (Lipinski definition) is 6. The third-order valence-electron chi connectivity index (χ3n) is 2.98. The van der Waals surface area contributed by atoms with Crippen LogP contribution in [-0.2, 0) is 16.0 Å². The predicted octanol–water partition coefficient (Wildman–Crippen LogP) is 0.395. The first kappa shape index (κ1) is 13.2. The normalized spacial score (nSPS) is 16.1. The number of piperazine rings is 1. The standard InChI is InChI=1S/C11H18N4O2S/c1-9(16)14-4-6-15(7-5-14)11-12-10(13-18-11)3-8-17-2/h3-8H2,1-2H3. The number of amides is 1. The third kappa shape index (κ3) is 3.17. The Hall–Kier alpha value is -1.21. The molecule has 0 bridgehead atoms. The first-order valence-corrected chi connectivity index (χ1v) is 6.80. The summed E-state index contributed by atoms with van der Waals surface area (Å²) in [6.45, 7) is 5.46. The second-order valence-electron chi connectivity index (χ2n) is 4.23. The summed E-state index contributed by atoms with van der Waals surface area (Å²) in [6, 6.07) is 0. The van der Waals surface area contributed by atoms with Gasteiger partial charge in [0.1, 0.15) is 5.82 Å². The summed E-state index contributed by atoms with van der Waals surface area (Å²) in [7, 11) is 1.67. The van der Waals surface area contributed by atoms with E-state index in [1.807, 2.05) is 4.90 Å². The number of aromatic nitrogens is 2. The van der Waals surface area contributed by atoms with Gasteiger partial charge in [-0.1, -0.05) is 0 Å². The number of nitrogens with zero attached hydrogens (tertiary/aromatic N) is 4. The molecule has 1 fully saturated rings. The molecule has 0 spiro atoms. The number of carbonyl (C=O) groups is 1. The maximum atomic E-state index is 11.2. The Morgan fingerprint density at radius 1 is 1.39 bits per heavy atom. The fourth-order valence-corrected chi connectivity index (χ4v) is 2.64. The van der Waals surface area contributed by atoms with Crippen molar-refractivity contribution in [3.05, 3.63) is 5.82 Å². The summed E-state index contributed by atoms with van der Waals surface area (Å²) >= 11 is 1.42. The molecule has 1 aliphatic rings. The van der Waals surface area contributed by atoms with Crippen molar-refractivity contribution in [2.24, 2.45) is 0 Å². The van der Waals surface area contributed by atoms with Crippen molar-refractivity contribution >= 4 is 22.6 Å². The van der Waals surface area contributed by atoms with E-state index in [1.165, 1.54) is 11.5 Å². The van der Waals surface area contributed by atoms with Gasteiger partial charge in [-0.05, 0) is 0 Å². The van der Waals surface area contributed by atoms with Gasteiger partial charge in [-0.3, -0.25) is 4.79 Å². The molecular formula is C11H18N4O2S. The zero-order valence-corrected chi connectivity index (χ0v) is 11.6. The molecule has 7 heteroatoms. The van der Waals surface area contributed by atoms with Gasteiger partial charge in [0.05, 0.1) is 6.61 Å². The van der Waals surface area contributed by atoms with E-state index in [-0.39, 0.29) is 5.91 Å². The van der Waals surface area contributed by atoms with Gasteiger partial charge in [-0.2, -0.15) is 4.37 Å². The van der Waals surface area contributed by atoms with Crippen LogP contribution < -0.4 is 4.90 Å². The van der Waals surface area contributed by atoms with Crippen LogP contribution in [0.5, 0.6) is 0 Å². The molecule has 0 N–H and O–H groups in total. The Bertz CT molecular complexity index is 402. The Labute approximate surface area is 111 Å². The van der Waals surface area contributed by atoms with E-state index in [2.05, 4.69) is 14.3 Å². The number of anilines is 1. The average Bonchev–Trinajstić information content (AvgIpc) is 2.85. The van der Waals surface area contributed by atoms with E-state index >= 15 is 0 Å². The summed E-state index contributed by atoms with van der Waals surface area (Å²) in [5.41, 5.74) is 0. The van der Waals surface area contributed by atoms with E-state index in [4.69, 9.17) is 4.74 Å². The van der Waals surface area contributed by atoms with E-state index < -0.39 is 0 Å². The Morgan fingerprint density at radius 3 is 2.72 bits per heavy atom. The van der Waals surface area contributed by atoms with Crippen molar-refractivity contribution in [2.45, 2.75) is 13.3 Å². The topological polar surface area (TPSA) is 58.6 Å². The van der Waals surface area contributed by atoms with Crippen molar-refractivity contribution < 1.29 is 9.53 Å². The molecule has 0 atom stereocenters. The Balaban J connectivity index is 1.89. The lowest BCUT2D eigenvalue weighted by atomic mass is 10.3. The lowest BCUT2D eigenvalue weighted by Crippen LogP contribution is -2.48. The first-order chi connectivity index (χ1) is 8.70. The van der Waals surface area contributed by atoms with Crippen molar-refractivity contribution in [1.82, 2.24) is 14.3 Å². The SMILES string of the molecule is COCCc1nsc(N2CCN(C(C)=O)CC2)n1. The summed E-state index contributed by atoms with van der Waals surface area (Å²) in [5, 5.41) is 0.948. The maximum absolute atomic E-state index is 11.2. The molecular weight excluding hydrogens is 252 g/mol. The van der Waals surface area contributed by atoms with Crippen LogP contribution in [0.4, 0.5) is 5.13 Å². The van der Waals surface area contributed by atoms with Crippen LogP contribution in [0.3, 0.4) is 0 Å². The first-order valence-electron chi connectivity index (χ1n) is 6.02. The molecule has 100 valence electrons. The number of hydrogen-bond donors (Lipinski definition) is 0. The monoisotopic (exact) mass is 270 g/mol. The second-order valence-corrected chi connectivity index (χ2v) is 4.96. The van der Waals surface area contributed by atoms with Crippen molar-refractivity contribution in [3.8, 4) is 0 Å². The van der Waals surface area contributed by atoms with E-state index in [1.54, 1.807) is 14.0 Å². The van der Waals surface area contributed by atoms with Crippen molar-refractivity contribution in [3.63, 3.8) is 0 Å². The molecule has 0 saturated carbocycles. The molecule has 0 aliphatic carbocycles. The van der Waals surface area contributed by atoms with Gasteiger partial charge in [0, 0.05) is 58.2 Å². The molecule has 0 aromatic carbocycles. The van der Waals surface area contributed by atoms with Crippen LogP contribution in [0.1, 0.15) is 12.7 Å². The van der Waals surface area contributed by atoms with Gasteiger partial charge in [0.2, 0.25) is 11.0 Å². The lowest BCUT2D eigenvalue weighted by Gasteiger charge is -2.33. The molecule has 0 unspecified atom stereocenters. The molecule has 2 heterocycles. The van der Waals surface area contributed by atoms with Crippen LogP contribution in [-0.4, -0.2) is 60.1 Å². The van der Waals surface area contributed by atoms with Crippen molar-refractivity contribution in [2.75, 3.05) is 44.8 Å². The summed E-state index contributed by atoms with van der Waals surface area (Å²) in [5.74, 6) is 0.985. The largest absolute Gasteiger partial charge is 0.384 e. The van der Waals surface area contributed by atoms with Crippen LogP contribution >= 0.6 is 11.5 Å². The molecule has 1 saturated heterocycles. The zero-order chi connectivity index (χ0) is 13.0. The number of carbonyl (C=O) groups excluding carboxylic acids is 1. The fraction of sp³-hybridized carbons (Fsp3) is 0.727. The Morgan fingerprint density at radius 2 is 2.11 bits per heavy atom. The number of methoxy groups -OCH3 is 1. The van der Waals surface area contributed by atoms with Crippen LogP contribution in [0, 0.1) is 0 Å². The minimum atomic E-state index is 0.146. The predicted molar refractivity (Wildman–Crippen MR) is 70.0 cm³/mol. The van der Waals surface area contributed by atoms with Gasteiger partial charge in [0.25, 0.3) is 0 Å². The highest BCUT2D eigenvalue weighted by Crippen LogP contribution is 2.19. The Kier molecular flexibility index (Phi) is 4.48. The van der Waals surface area contributed by atoms with Gasteiger partial charge >= 0.3 is 0 Å². The van der Waals surface area contributed by atoms with E-state index in [0.717, 1.165) is 43.6 Å². The van der Waals surface area contributed by atoms with Gasteiger partial charge in [-0.25, -0.2) is 4.98 Å². The van der Waals surface area contributed by atoms with Gasteiger partial charge in [-0.15, -0.1) is 0 Å². The summed E-state index contributed by atoms with van der Waals surface area (Å²) in [4.78, 5) is 19.8. The second kappa shape index (κ2) is 6.10. The highest BCUT2D eigenvalue weighted by molar-refractivity contribution is 7.09. The third-order valence-corrected chi connectivity index (χ3v) is 3.80. The lowest BCUT2D eigenvalue weighted by molar-refractivity contribution is -0.129. The van der Waals surface area contributed by atoms with E-state index in [0.29, 0.717) is 6.61 Å². The van der Waals surface area contributed by atoms with Crippen LogP contribution in [0.15, 0.2) is 0 Å². The molecule has 1 aromatic rings. The average molecular weight is 270 g/mol. The minimum absolute atomic E-state index is 0.146. The highest BCUT2D eigenvalue weighted by Gasteiger charge is 2.21. The maximum Gasteiger partial charge on any atom is 0.219 e. The molecule has 1 aromatic heterocycles. The van der Waals surface area contributed by atoms with Crippen LogP contribution in [0.25, 0.3) is 0 Å². The smallest absolute Gasteiger partial charge is 0.219 e. The molecule has 1 aliphatic heterocycles. The number of ether oxygens (including phenoxy) is 1. The van der Waals surface area contributed by atoms with Gasteiger partial charge in [0.15, 0.2) is 0 Å². The zero-order valence-electron chi connectivity index (χ0n) is 10.8. The van der Waals surface area contributed by atoms with Crippen molar-refractivity contribution in [1.29, 1.82) is 0 Å². The molecule has 2 rings (SSSR count). The fourth-order valence-electron chi connectivity index (χ4n) is 1.88. The quantitative estimate of drug-likeness (QED) is 0.792. The summed E-state index contributed by atoms with van der Waals surface area (Å²) < 4.78 is 9.32. The van der Waals surface area contributed by atoms with Gasteiger partial charge < -0.3 is 14.5 Å². The highest BCUT2D eigenvalue weighted by atomic mass is 32.1. The van der Waals surface area contributed by atoms with Crippen LogP contribution in [0.2, 0.25) is 0 Å². The molecule has 6 nitrogen and oxygen atoms in total.